The van der Waals surface area contributed by atoms with Gasteiger partial charge in [-0.15, -0.1) is 0 Å². The van der Waals surface area contributed by atoms with E-state index in [9.17, 15) is 18.3 Å². The molecule has 1 unspecified atom stereocenters. The molecule has 8 heteroatoms. The number of methoxy groups -OCH3 is 1. The van der Waals surface area contributed by atoms with Crippen LogP contribution in [-0.2, 0) is 24.3 Å². The Hall–Kier alpha value is -0.700. The molecule has 0 aromatic heterocycles. The molecule has 1 heterocycles. The van der Waals surface area contributed by atoms with Crippen LogP contribution in [0.1, 0.15) is 12.8 Å². The summed E-state index contributed by atoms with van der Waals surface area (Å²) in [5.41, 5.74) is 0. The highest BCUT2D eigenvalue weighted by Crippen LogP contribution is 2.14. The normalized spacial score (nSPS) is 19.9. The van der Waals surface area contributed by atoms with Crippen LogP contribution in [0.25, 0.3) is 0 Å². The van der Waals surface area contributed by atoms with E-state index in [1.54, 1.807) is 0 Å². The molecule has 0 spiro atoms. The summed E-state index contributed by atoms with van der Waals surface area (Å²) in [7, 11) is -2.39. The number of nitrogens with one attached hydrogen (secondary N) is 1. The van der Waals surface area contributed by atoms with Crippen LogP contribution < -0.4 is 4.72 Å². The van der Waals surface area contributed by atoms with Gasteiger partial charge in [0.1, 0.15) is 0 Å². The number of rotatable bonds is 5. The van der Waals surface area contributed by atoms with Gasteiger partial charge in [0.05, 0.1) is 12.4 Å². The Bertz CT molecular complexity index is 348. The van der Waals surface area contributed by atoms with E-state index >= 15 is 0 Å². The van der Waals surface area contributed by atoms with Gasteiger partial charge in [0, 0.05) is 19.8 Å². The molecule has 0 aromatic carbocycles. The third-order valence-electron chi connectivity index (χ3n) is 2.56. The van der Waals surface area contributed by atoms with Gasteiger partial charge in [-0.3, -0.25) is 0 Å². The highest BCUT2D eigenvalue weighted by molar-refractivity contribution is 7.90. The number of carbonyl (C=O) groups excluding carboxylic acids is 1. The standard InChI is InChI=1S/C9H17NO6S/c1-15-9(12)8(11)6-10-17(13,14)7-2-4-16-5-3-7/h7-8,10-11H,2-6H2,1H3. The smallest absolute Gasteiger partial charge is 0.336 e. The Labute approximate surface area is 100 Å². The van der Waals surface area contributed by atoms with Crippen LogP contribution in [0.5, 0.6) is 0 Å². The van der Waals surface area contributed by atoms with Crippen LogP contribution in [0.4, 0.5) is 0 Å². The molecule has 1 aliphatic rings. The third-order valence-corrected chi connectivity index (χ3v) is 4.48. The van der Waals surface area contributed by atoms with Crippen molar-refractivity contribution in [2.24, 2.45) is 0 Å². The van der Waals surface area contributed by atoms with Crippen LogP contribution in [0.2, 0.25) is 0 Å². The molecule has 0 aromatic rings. The zero-order valence-corrected chi connectivity index (χ0v) is 10.4. The van der Waals surface area contributed by atoms with E-state index in [0.29, 0.717) is 26.1 Å². The molecule has 1 saturated heterocycles. The minimum atomic E-state index is -3.52. The van der Waals surface area contributed by atoms with Crippen molar-refractivity contribution in [1.29, 1.82) is 0 Å². The van der Waals surface area contributed by atoms with E-state index < -0.39 is 27.3 Å². The van der Waals surface area contributed by atoms with Crippen molar-refractivity contribution in [3.8, 4) is 0 Å². The number of hydrogen-bond donors (Lipinski definition) is 2. The number of carbonyl (C=O) groups is 1. The molecule has 7 nitrogen and oxygen atoms in total. The minimum Gasteiger partial charge on any atom is -0.467 e. The maximum Gasteiger partial charge on any atom is 0.336 e. The zero-order valence-electron chi connectivity index (χ0n) is 9.59. The van der Waals surface area contributed by atoms with Crippen molar-refractivity contribution < 1.29 is 27.8 Å². The first-order valence-corrected chi connectivity index (χ1v) is 6.84. The Morgan fingerprint density at radius 3 is 2.65 bits per heavy atom. The lowest BCUT2D eigenvalue weighted by Gasteiger charge is -2.22. The number of aliphatic hydroxyl groups is 1. The van der Waals surface area contributed by atoms with Gasteiger partial charge in [0.25, 0.3) is 0 Å². The highest BCUT2D eigenvalue weighted by atomic mass is 32.2. The van der Waals surface area contributed by atoms with Crippen LogP contribution in [-0.4, -0.2) is 57.7 Å². The topological polar surface area (TPSA) is 102 Å². The third kappa shape index (κ3) is 4.23. The molecule has 0 amide bonds. The molecule has 1 aliphatic heterocycles. The maximum absolute atomic E-state index is 11.8. The fourth-order valence-electron chi connectivity index (χ4n) is 1.52. The predicted octanol–water partition coefficient (Wildman–Crippen LogP) is -1.38. The second kappa shape index (κ2) is 6.29. The molecule has 1 atom stereocenters. The number of ether oxygens (including phenoxy) is 2. The van der Waals surface area contributed by atoms with Crippen LogP contribution in [0.3, 0.4) is 0 Å². The van der Waals surface area contributed by atoms with Gasteiger partial charge >= 0.3 is 5.97 Å². The van der Waals surface area contributed by atoms with Crippen LogP contribution in [0.15, 0.2) is 0 Å². The molecule has 100 valence electrons. The first-order valence-electron chi connectivity index (χ1n) is 5.29. The summed E-state index contributed by atoms with van der Waals surface area (Å²) in [6.07, 6.45) is -0.637. The molecule has 1 fully saturated rings. The summed E-state index contributed by atoms with van der Waals surface area (Å²) >= 11 is 0. The van der Waals surface area contributed by atoms with Gasteiger partial charge in [-0.05, 0) is 12.8 Å². The molecular weight excluding hydrogens is 250 g/mol. The maximum atomic E-state index is 11.8. The van der Waals surface area contributed by atoms with Gasteiger partial charge in [-0.1, -0.05) is 0 Å². The van der Waals surface area contributed by atoms with Crippen molar-refractivity contribution in [3.05, 3.63) is 0 Å². The van der Waals surface area contributed by atoms with E-state index in [1.165, 1.54) is 0 Å². The van der Waals surface area contributed by atoms with E-state index in [-0.39, 0.29) is 6.54 Å². The second-order valence-electron chi connectivity index (χ2n) is 3.74. The van der Waals surface area contributed by atoms with Crippen molar-refractivity contribution in [2.75, 3.05) is 26.9 Å². The van der Waals surface area contributed by atoms with Gasteiger partial charge in [-0.2, -0.15) is 0 Å². The quantitative estimate of drug-likeness (QED) is 0.595. The number of hydrogen-bond acceptors (Lipinski definition) is 6. The fraction of sp³-hybridized carbons (Fsp3) is 0.889. The first-order chi connectivity index (χ1) is 7.97. The van der Waals surface area contributed by atoms with Crippen LogP contribution >= 0.6 is 0 Å². The summed E-state index contributed by atoms with van der Waals surface area (Å²) in [6, 6.07) is 0. The monoisotopic (exact) mass is 267 g/mol. The molecule has 0 aliphatic carbocycles. The van der Waals surface area contributed by atoms with Gasteiger partial charge in [-0.25, -0.2) is 17.9 Å². The molecule has 1 rings (SSSR count). The SMILES string of the molecule is COC(=O)C(O)CNS(=O)(=O)C1CCOCC1. The van der Waals surface area contributed by atoms with Crippen molar-refractivity contribution in [3.63, 3.8) is 0 Å². The lowest BCUT2D eigenvalue weighted by atomic mass is 10.2. The summed E-state index contributed by atoms with van der Waals surface area (Å²) in [5.74, 6) is -0.861. The second-order valence-corrected chi connectivity index (χ2v) is 5.79. The molecular formula is C9H17NO6S. The minimum absolute atomic E-state index is 0.369. The summed E-state index contributed by atoms with van der Waals surface area (Å²) in [4.78, 5) is 10.9. The number of aliphatic hydroxyl groups excluding tert-OH is 1. The summed E-state index contributed by atoms with van der Waals surface area (Å²) in [6.45, 7) is 0.447. The number of esters is 1. The van der Waals surface area contributed by atoms with Crippen molar-refractivity contribution >= 4 is 16.0 Å². The molecule has 0 radical (unpaired) electrons. The van der Waals surface area contributed by atoms with Crippen molar-refractivity contribution in [1.82, 2.24) is 4.72 Å². The van der Waals surface area contributed by atoms with Gasteiger partial charge in [0.2, 0.25) is 10.0 Å². The zero-order chi connectivity index (χ0) is 12.9. The predicted molar refractivity (Wildman–Crippen MR) is 58.8 cm³/mol. The molecule has 17 heavy (non-hydrogen) atoms. The Kier molecular flexibility index (Phi) is 5.31. The lowest BCUT2D eigenvalue weighted by molar-refractivity contribution is -0.149. The number of sulfonamides is 1. The van der Waals surface area contributed by atoms with Gasteiger partial charge < -0.3 is 14.6 Å². The Morgan fingerprint density at radius 2 is 2.12 bits per heavy atom. The highest BCUT2D eigenvalue weighted by Gasteiger charge is 2.28. The Morgan fingerprint density at radius 1 is 1.53 bits per heavy atom. The van der Waals surface area contributed by atoms with E-state index in [0.717, 1.165) is 7.11 Å². The molecule has 0 bridgehead atoms. The van der Waals surface area contributed by atoms with Crippen molar-refractivity contribution in [2.45, 2.75) is 24.2 Å². The fourth-order valence-corrected chi connectivity index (χ4v) is 2.96. The van der Waals surface area contributed by atoms with E-state index in [1.807, 2.05) is 0 Å². The average Bonchev–Trinajstić information content (AvgIpc) is 2.36. The lowest BCUT2D eigenvalue weighted by Crippen LogP contribution is -2.43. The van der Waals surface area contributed by atoms with E-state index in [2.05, 4.69) is 9.46 Å². The summed E-state index contributed by atoms with van der Waals surface area (Å²) in [5, 5.41) is 8.73. The van der Waals surface area contributed by atoms with Gasteiger partial charge in [0.15, 0.2) is 6.10 Å². The molecule has 2 N–H and O–H groups in total. The van der Waals surface area contributed by atoms with Crippen LogP contribution in [0, 0.1) is 0 Å². The molecule has 0 saturated carbocycles. The Balaban J connectivity index is 2.46. The first kappa shape index (κ1) is 14.4. The largest absolute Gasteiger partial charge is 0.467 e. The van der Waals surface area contributed by atoms with E-state index in [4.69, 9.17) is 4.74 Å². The average molecular weight is 267 g/mol. The summed E-state index contributed by atoms with van der Waals surface area (Å²) < 4.78 is 35.1.